The minimum Gasteiger partial charge on any atom is -0.444 e. The Kier molecular flexibility index (Phi) is 4.57. The highest BCUT2D eigenvalue weighted by Crippen LogP contribution is 2.21. The van der Waals surface area contributed by atoms with E-state index in [4.69, 9.17) is 9.84 Å². The fraction of sp³-hybridized carbons (Fsp3) is 0.769. The lowest BCUT2D eigenvalue weighted by Gasteiger charge is -2.31. The zero-order valence-corrected chi connectivity index (χ0v) is 11.2. The van der Waals surface area contributed by atoms with Gasteiger partial charge < -0.3 is 14.7 Å². The molecule has 4 heteroatoms. The third kappa shape index (κ3) is 4.38. The summed E-state index contributed by atoms with van der Waals surface area (Å²) < 4.78 is 5.32. The number of nitrogens with zero attached hydrogens (tertiary/aromatic N) is 1. The summed E-state index contributed by atoms with van der Waals surface area (Å²) in [6.07, 6.45) is 1.44. The van der Waals surface area contributed by atoms with Crippen LogP contribution in [0.5, 0.6) is 0 Å². The predicted molar refractivity (Wildman–Crippen MR) is 66.8 cm³/mol. The van der Waals surface area contributed by atoms with Gasteiger partial charge in [-0.1, -0.05) is 5.57 Å². The molecule has 1 rings (SSSR count). The highest BCUT2D eigenvalue weighted by molar-refractivity contribution is 5.68. The summed E-state index contributed by atoms with van der Waals surface area (Å²) in [5, 5.41) is 9.05. The van der Waals surface area contributed by atoms with Crippen molar-refractivity contribution < 1.29 is 14.6 Å². The minimum atomic E-state index is -0.436. The molecule has 1 amide bonds. The molecule has 0 aromatic carbocycles. The Morgan fingerprint density at radius 3 is 2.29 bits per heavy atom. The van der Waals surface area contributed by atoms with E-state index < -0.39 is 5.60 Å². The van der Waals surface area contributed by atoms with E-state index in [0.29, 0.717) is 13.1 Å². The topological polar surface area (TPSA) is 49.8 Å². The number of hydrogen-bond acceptors (Lipinski definition) is 3. The lowest BCUT2D eigenvalue weighted by molar-refractivity contribution is 0.0235. The van der Waals surface area contributed by atoms with E-state index in [1.807, 2.05) is 27.7 Å². The fourth-order valence-electron chi connectivity index (χ4n) is 1.82. The number of ether oxygens (including phenoxy) is 1. The molecule has 0 bridgehead atoms. The van der Waals surface area contributed by atoms with Crippen molar-refractivity contribution in [2.45, 2.75) is 46.1 Å². The SMILES string of the molecule is CC(CO)=C1CCN(C(=O)OC(C)(C)C)CC1. The van der Waals surface area contributed by atoms with Crippen LogP contribution in [0.2, 0.25) is 0 Å². The first-order chi connectivity index (χ1) is 7.83. The van der Waals surface area contributed by atoms with Crippen LogP contribution in [0.25, 0.3) is 0 Å². The van der Waals surface area contributed by atoms with E-state index >= 15 is 0 Å². The summed E-state index contributed by atoms with van der Waals surface area (Å²) in [5.41, 5.74) is 1.87. The first-order valence-corrected chi connectivity index (χ1v) is 6.10. The average Bonchev–Trinajstić information content (AvgIpc) is 2.26. The van der Waals surface area contributed by atoms with Gasteiger partial charge in [0.05, 0.1) is 6.61 Å². The molecular weight excluding hydrogens is 218 g/mol. The van der Waals surface area contributed by atoms with Crippen LogP contribution in [0.4, 0.5) is 4.79 Å². The number of amides is 1. The van der Waals surface area contributed by atoms with Crippen molar-refractivity contribution in [3.05, 3.63) is 11.1 Å². The first-order valence-electron chi connectivity index (χ1n) is 6.10. The summed E-state index contributed by atoms with van der Waals surface area (Å²) in [5.74, 6) is 0. The van der Waals surface area contributed by atoms with Crippen molar-refractivity contribution in [2.24, 2.45) is 0 Å². The maximum atomic E-state index is 11.8. The Morgan fingerprint density at radius 1 is 1.35 bits per heavy atom. The summed E-state index contributed by atoms with van der Waals surface area (Å²) in [4.78, 5) is 13.5. The zero-order chi connectivity index (χ0) is 13.1. The van der Waals surface area contributed by atoms with Crippen molar-refractivity contribution in [3.63, 3.8) is 0 Å². The minimum absolute atomic E-state index is 0.113. The summed E-state index contributed by atoms with van der Waals surface area (Å²) in [6.45, 7) is 9.03. The van der Waals surface area contributed by atoms with Gasteiger partial charge in [0.15, 0.2) is 0 Å². The van der Waals surface area contributed by atoms with E-state index in [1.165, 1.54) is 5.57 Å². The van der Waals surface area contributed by atoms with Gasteiger partial charge >= 0.3 is 6.09 Å². The predicted octanol–water partition coefficient (Wildman–Crippen LogP) is 2.33. The number of hydrogen-bond donors (Lipinski definition) is 1. The van der Waals surface area contributed by atoms with Crippen molar-refractivity contribution >= 4 is 6.09 Å². The van der Waals surface area contributed by atoms with Gasteiger partial charge in [0.1, 0.15) is 5.60 Å². The molecule has 1 saturated heterocycles. The van der Waals surface area contributed by atoms with E-state index in [1.54, 1.807) is 4.90 Å². The van der Waals surface area contributed by atoms with Crippen LogP contribution in [0.1, 0.15) is 40.5 Å². The van der Waals surface area contributed by atoms with Gasteiger partial charge in [-0.15, -0.1) is 0 Å². The van der Waals surface area contributed by atoms with Crippen LogP contribution in [0, 0.1) is 0 Å². The molecular formula is C13H23NO3. The van der Waals surface area contributed by atoms with Crippen LogP contribution in [0.3, 0.4) is 0 Å². The second-order valence-corrected chi connectivity index (χ2v) is 5.51. The van der Waals surface area contributed by atoms with Crippen molar-refractivity contribution in [3.8, 4) is 0 Å². The van der Waals surface area contributed by atoms with Crippen LogP contribution < -0.4 is 0 Å². The zero-order valence-electron chi connectivity index (χ0n) is 11.2. The Morgan fingerprint density at radius 2 is 1.88 bits per heavy atom. The molecule has 0 saturated carbocycles. The average molecular weight is 241 g/mol. The Balaban J connectivity index is 2.50. The van der Waals surface area contributed by atoms with E-state index in [9.17, 15) is 4.79 Å². The summed E-state index contributed by atoms with van der Waals surface area (Å²) in [6, 6.07) is 0. The molecule has 1 heterocycles. The Labute approximate surface area is 103 Å². The van der Waals surface area contributed by atoms with Crippen molar-refractivity contribution in [1.82, 2.24) is 4.90 Å². The number of likely N-dealkylation sites (tertiary alicyclic amines) is 1. The number of carbonyl (C=O) groups excluding carboxylic acids is 1. The summed E-state index contributed by atoms with van der Waals surface area (Å²) in [7, 11) is 0. The molecule has 0 spiro atoms. The Bertz CT molecular complexity index is 305. The highest BCUT2D eigenvalue weighted by Gasteiger charge is 2.24. The second-order valence-electron chi connectivity index (χ2n) is 5.51. The first kappa shape index (κ1) is 14.0. The van der Waals surface area contributed by atoms with Gasteiger partial charge in [0, 0.05) is 13.1 Å². The lowest BCUT2D eigenvalue weighted by atomic mass is 9.99. The molecule has 1 aliphatic heterocycles. The molecule has 0 aromatic rings. The molecule has 1 fully saturated rings. The molecule has 17 heavy (non-hydrogen) atoms. The molecule has 0 atom stereocenters. The smallest absolute Gasteiger partial charge is 0.410 e. The van der Waals surface area contributed by atoms with Crippen LogP contribution in [0.15, 0.2) is 11.1 Å². The van der Waals surface area contributed by atoms with Crippen LogP contribution >= 0.6 is 0 Å². The number of aliphatic hydroxyl groups excluding tert-OH is 1. The van der Waals surface area contributed by atoms with Crippen LogP contribution in [-0.2, 0) is 4.74 Å². The molecule has 4 nitrogen and oxygen atoms in total. The number of rotatable bonds is 1. The molecule has 98 valence electrons. The third-order valence-corrected chi connectivity index (χ3v) is 2.86. The summed E-state index contributed by atoms with van der Waals surface area (Å²) >= 11 is 0. The van der Waals surface area contributed by atoms with E-state index in [0.717, 1.165) is 18.4 Å². The van der Waals surface area contributed by atoms with Crippen molar-refractivity contribution in [2.75, 3.05) is 19.7 Å². The van der Waals surface area contributed by atoms with Crippen molar-refractivity contribution in [1.29, 1.82) is 0 Å². The molecule has 0 aliphatic carbocycles. The number of piperidine rings is 1. The molecule has 0 radical (unpaired) electrons. The third-order valence-electron chi connectivity index (χ3n) is 2.86. The largest absolute Gasteiger partial charge is 0.444 e. The number of aliphatic hydroxyl groups is 1. The fourth-order valence-corrected chi connectivity index (χ4v) is 1.82. The lowest BCUT2D eigenvalue weighted by Crippen LogP contribution is -2.40. The molecule has 1 aliphatic rings. The van der Waals surface area contributed by atoms with Gasteiger partial charge in [0.2, 0.25) is 0 Å². The maximum absolute atomic E-state index is 11.8. The molecule has 1 N–H and O–H groups in total. The maximum Gasteiger partial charge on any atom is 0.410 e. The quantitative estimate of drug-likeness (QED) is 0.717. The van der Waals surface area contributed by atoms with Gasteiger partial charge in [0.25, 0.3) is 0 Å². The second kappa shape index (κ2) is 5.54. The number of carbonyl (C=O) groups is 1. The van der Waals surface area contributed by atoms with E-state index in [2.05, 4.69) is 0 Å². The van der Waals surface area contributed by atoms with Crippen LogP contribution in [-0.4, -0.2) is 41.4 Å². The molecule has 0 unspecified atom stereocenters. The Hall–Kier alpha value is -1.03. The standard InChI is InChI=1S/C13H23NO3/c1-10(9-15)11-5-7-14(8-6-11)12(16)17-13(2,3)4/h15H,5-9H2,1-4H3. The van der Waals surface area contributed by atoms with Gasteiger partial charge in [-0.25, -0.2) is 4.79 Å². The van der Waals surface area contributed by atoms with E-state index in [-0.39, 0.29) is 12.7 Å². The van der Waals surface area contributed by atoms with Gasteiger partial charge in [-0.3, -0.25) is 0 Å². The monoisotopic (exact) mass is 241 g/mol. The van der Waals surface area contributed by atoms with Gasteiger partial charge in [-0.05, 0) is 46.1 Å². The van der Waals surface area contributed by atoms with Gasteiger partial charge in [-0.2, -0.15) is 0 Å². The molecule has 0 aromatic heterocycles. The highest BCUT2D eigenvalue weighted by atomic mass is 16.6. The normalized spacial score (nSPS) is 17.0.